The number of amides is 1. The van der Waals surface area contributed by atoms with Gasteiger partial charge in [0.2, 0.25) is 5.91 Å². The van der Waals surface area contributed by atoms with E-state index in [1.54, 1.807) is 29.8 Å². The van der Waals surface area contributed by atoms with Gasteiger partial charge in [0.15, 0.2) is 6.29 Å². The first kappa shape index (κ1) is 10.4. The molecule has 0 aromatic heterocycles. The highest BCUT2D eigenvalue weighted by atomic mass is 32.2. The zero-order valence-corrected chi connectivity index (χ0v) is 9.21. The fourth-order valence-corrected chi connectivity index (χ4v) is 3.28. The Morgan fingerprint density at radius 3 is 2.93 bits per heavy atom. The van der Waals surface area contributed by atoms with Crippen LogP contribution in [0.2, 0.25) is 0 Å². The molecule has 0 aromatic rings. The fraction of sp³-hybridized carbons (Fsp3) is 0.400. The number of thioether (sulfide) groups is 1. The molecule has 1 saturated heterocycles. The highest BCUT2D eigenvalue weighted by Gasteiger charge is 2.50. The normalized spacial score (nSPS) is 29.7. The van der Waals surface area contributed by atoms with Crippen molar-refractivity contribution in [1.29, 1.82) is 0 Å². The summed E-state index contributed by atoms with van der Waals surface area (Å²) in [5.41, 5.74) is 1.32. The molecule has 0 bridgehead atoms. The molecular weight excluding hydrogens is 212 g/mol. The monoisotopic (exact) mass is 224 g/mol. The van der Waals surface area contributed by atoms with Crippen molar-refractivity contribution < 1.29 is 9.59 Å². The van der Waals surface area contributed by atoms with Crippen LogP contribution in [0.1, 0.15) is 0 Å². The second-order valence-electron chi connectivity index (χ2n) is 3.41. The van der Waals surface area contributed by atoms with Gasteiger partial charge in [0.05, 0.1) is 5.70 Å². The van der Waals surface area contributed by atoms with Crippen molar-refractivity contribution in [3.63, 3.8) is 0 Å². The predicted octanol–water partition coefficient (Wildman–Crippen LogP) is 0.128. The molecule has 2 aliphatic heterocycles. The first-order valence-corrected chi connectivity index (χ1v) is 5.72. The van der Waals surface area contributed by atoms with E-state index in [2.05, 4.69) is 11.9 Å². The third-order valence-electron chi connectivity index (χ3n) is 2.71. The Kier molecular flexibility index (Phi) is 2.67. The Morgan fingerprint density at radius 2 is 2.40 bits per heavy atom. The lowest BCUT2D eigenvalue weighted by atomic mass is 10.0. The van der Waals surface area contributed by atoms with E-state index in [1.807, 2.05) is 0 Å². The number of β-lactam (4-membered cyclic amide) rings is 1. The zero-order chi connectivity index (χ0) is 11.0. The summed E-state index contributed by atoms with van der Waals surface area (Å²) in [5.74, 6) is 0.709. The van der Waals surface area contributed by atoms with Crippen LogP contribution in [0.25, 0.3) is 0 Å². The standard InChI is InChI=1S/C10H12N2O2S/c1-3-6-5-15-10-8(11-2)9(14)12(10)7(6)4-13/h3-4,8,10-11H,1,5H2,2H3. The molecule has 2 rings (SSSR count). The molecule has 2 aliphatic rings. The van der Waals surface area contributed by atoms with E-state index >= 15 is 0 Å². The number of rotatable bonds is 3. The second-order valence-corrected chi connectivity index (χ2v) is 4.51. The molecule has 0 radical (unpaired) electrons. The summed E-state index contributed by atoms with van der Waals surface area (Å²) in [4.78, 5) is 24.2. The van der Waals surface area contributed by atoms with Crippen LogP contribution in [0.15, 0.2) is 23.9 Å². The third-order valence-corrected chi connectivity index (χ3v) is 4.01. The Hall–Kier alpha value is -1.07. The van der Waals surface area contributed by atoms with E-state index < -0.39 is 0 Å². The minimum atomic E-state index is -0.156. The molecule has 2 unspecified atom stereocenters. The highest BCUT2D eigenvalue weighted by molar-refractivity contribution is 8.00. The molecule has 0 aliphatic carbocycles. The maximum absolute atomic E-state index is 11.7. The van der Waals surface area contributed by atoms with Gasteiger partial charge in [-0.1, -0.05) is 12.7 Å². The van der Waals surface area contributed by atoms with Crippen molar-refractivity contribution in [2.45, 2.75) is 11.4 Å². The molecule has 2 atom stereocenters. The fourth-order valence-electron chi connectivity index (χ4n) is 1.86. The van der Waals surface area contributed by atoms with Crippen LogP contribution in [0, 0.1) is 0 Å². The summed E-state index contributed by atoms with van der Waals surface area (Å²) in [5, 5.41) is 3.01. The quantitative estimate of drug-likeness (QED) is 0.547. The number of likely N-dealkylation sites (N-methyl/N-ethyl adjacent to an activating group) is 1. The van der Waals surface area contributed by atoms with Gasteiger partial charge in [-0.25, -0.2) is 0 Å². The van der Waals surface area contributed by atoms with Crippen LogP contribution < -0.4 is 5.32 Å². The molecule has 5 heteroatoms. The van der Waals surface area contributed by atoms with E-state index in [4.69, 9.17) is 0 Å². The van der Waals surface area contributed by atoms with Crippen molar-refractivity contribution in [2.75, 3.05) is 12.8 Å². The molecule has 15 heavy (non-hydrogen) atoms. The average molecular weight is 224 g/mol. The number of aldehydes is 1. The molecular formula is C10H12N2O2S. The van der Waals surface area contributed by atoms with Crippen LogP contribution in [-0.2, 0) is 9.59 Å². The summed E-state index contributed by atoms with van der Waals surface area (Å²) in [6.45, 7) is 3.65. The Bertz CT molecular complexity index is 364. The van der Waals surface area contributed by atoms with Gasteiger partial charge in [-0.05, 0) is 12.6 Å². The first-order valence-electron chi connectivity index (χ1n) is 4.67. The number of hydrogen-bond donors (Lipinski definition) is 1. The van der Waals surface area contributed by atoms with Gasteiger partial charge in [0, 0.05) is 5.75 Å². The molecule has 0 saturated carbocycles. The number of carbonyl (C=O) groups excluding carboxylic acids is 2. The van der Waals surface area contributed by atoms with E-state index in [-0.39, 0.29) is 17.3 Å². The van der Waals surface area contributed by atoms with E-state index in [1.165, 1.54) is 0 Å². The van der Waals surface area contributed by atoms with Crippen molar-refractivity contribution in [1.82, 2.24) is 10.2 Å². The molecule has 0 spiro atoms. The zero-order valence-electron chi connectivity index (χ0n) is 8.40. The highest BCUT2D eigenvalue weighted by Crippen LogP contribution is 2.39. The molecule has 2 heterocycles. The van der Waals surface area contributed by atoms with Gasteiger partial charge in [-0.3, -0.25) is 14.5 Å². The summed E-state index contributed by atoms with van der Waals surface area (Å²) in [6.07, 6.45) is 2.39. The topological polar surface area (TPSA) is 49.4 Å². The predicted molar refractivity (Wildman–Crippen MR) is 59.2 cm³/mol. The van der Waals surface area contributed by atoms with Gasteiger partial charge in [0.1, 0.15) is 11.4 Å². The maximum Gasteiger partial charge on any atom is 0.248 e. The van der Waals surface area contributed by atoms with Crippen LogP contribution in [-0.4, -0.2) is 41.3 Å². The minimum Gasteiger partial charge on any atom is -0.306 e. The third kappa shape index (κ3) is 1.34. The lowest BCUT2D eigenvalue weighted by Gasteiger charge is -2.49. The maximum atomic E-state index is 11.7. The molecule has 1 amide bonds. The van der Waals surface area contributed by atoms with Gasteiger partial charge >= 0.3 is 0 Å². The Labute approximate surface area is 92.4 Å². The molecule has 80 valence electrons. The largest absolute Gasteiger partial charge is 0.306 e. The lowest BCUT2D eigenvalue weighted by molar-refractivity contribution is -0.143. The Balaban J connectivity index is 2.32. The van der Waals surface area contributed by atoms with E-state index in [0.29, 0.717) is 5.70 Å². The summed E-state index contributed by atoms with van der Waals surface area (Å²) in [7, 11) is 1.76. The van der Waals surface area contributed by atoms with E-state index in [0.717, 1.165) is 17.6 Å². The van der Waals surface area contributed by atoms with Gasteiger partial charge in [-0.2, -0.15) is 0 Å². The molecule has 4 nitrogen and oxygen atoms in total. The minimum absolute atomic E-state index is 0.0313. The van der Waals surface area contributed by atoms with Gasteiger partial charge in [0.25, 0.3) is 0 Å². The van der Waals surface area contributed by atoms with Crippen LogP contribution in [0.5, 0.6) is 0 Å². The van der Waals surface area contributed by atoms with Crippen LogP contribution in [0.4, 0.5) is 0 Å². The Morgan fingerprint density at radius 1 is 1.67 bits per heavy atom. The van der Waals surface area contributed by atoms with Crippen molar-refractivity contribution in [2.24, 2.45) is 0 Å². The smallest absolute Gasteiger partial charge is 0.248 e. The molecule has 1 N–H and O–H groups in total. The van der Waals surface area contributed by atoms with Crippen molar-refractivity contribution in [3.8, 4) is 0 Å². The summed E-state index contributed by atoms with van der Waals surface area (Å²) in [6, 6.07) is -0.156. The number of carbonyl (C=O) groups is 2. The summed E-state index contributed by atoms with van der Waals surface area (Å²) < 4.78 is 0. The number of allylic oxidation sites excluding steroid dienone is 2. The molecule has 1 fully saturated rings. The van der Waals surface area contributed by atoms with Crippen molar-refractivity contribution in [3.05, 3.63) is 23.9 Å². The second kappa shape index (κ2) is 3.83. The van der Waals surface area contributed by atoms with E-state index in [9.17, 15) is 9.59 Å². The first-order chi connectivity index (χ1) is 7.24. The average Bonchev–Trinajstić information content (AvgIpc) is 2.27. The molecule has 0 aromatic carbocycles. The van der Waals surface area contributed by atoms with Crippen LogP contribution in [0.3, 0.4) is 0 Å². The van der Waals surface area contributed by atoms with Crippen LogP contribution >= 0.6 is 11.8 Å². The number of nitrogens with zero attached hydrogens (tertiary/aromatic N) is 1. The number of nitrogens with one attached hydrogen (secondary N) is 1. The lowest BCUT2D eigenvalue weighted by Crippen LogP contribution is -2.68. The SMILES string of the molecule is C=CC1=C(C=O)N2C(=O)C(NC)C2SC1. The number of fused-ring (bicyclic) bond motifs is 1. The van der Waals surface area contributed by atoms with Crippen molar-refractivity contribution >= 4 is 24.0 Å². The summed E-state index contributed by atoms with van der Waals surface area (Å²) >= 11 is 1.66. The van der Waals surface area contributed by atoms with Gasteiger partial charge < -0.3 is 5.32 Å². The van der Waals surface area contributed by atoms with Gasteiger partial charge in [-0.15, -0.1) is 11.8 Å². The number of hydrogen-bond acceptors (Lipinski definition) is 4.